The van der Waals surface area contributed by atoms with Gasteiger partial charge in [-0.3, -0.25) is 0 Å². The Kier molecular flexibility index (Phi) is 7.72. The first-order chi connectivity index (χ1) is 10.3. The van der Waals surface area contributed by atoms with Crippen molar-refractivity contribution in [2.75, 3.05) is 13.1 Å². The number of nitrogens with zero attached hydrogens (tertiary/aromatic N) is 1. The quantitative estimate of drug-likeness (QED) is 0.406. The predicted molar refractivity (Wildman–Crippen MR) is 99.9 cm³/mol. The van der Waals surface area contributed by atoms with Gasteiger partial charge in [0.15, 0.2) is 0 Å². The molecule has 0 saturated heterocycles. The molecule has 0 spiro atoms. The van der Waals surface area contributed by atoms with E-state index in [2.05, 4.69) is 65.2 Å². The van der Waals surface area contributed by atoms with Crippen LogP contribution < -0.4 is 0 Å². The summed E-state index contributed by atoms with van der Waals surface area (Å²) in [5.74, 6) is 2.22. The third-order valence-corrected chi connectivity index (χ3v) is 5.35. The summed E-state index contributed by atoms with van der Waals surface area (Å²) in [4.78, 5) is 2.60. The van der Waals surface area contributed by atoms with E-state index in [1.807, 2.05) is 0 Å². The molecule has 0 aliphatic heterocycles. The van der Waals surface area contributed by atoms with Gasteiger partial charge in [0.1, 0.15) is 0 Å². The second-order valence-electron chi connectivity index (χ2n) is 8.09. The molecule has 1 rings (SSSR count). The van der Waals surface area contributed by atoms with Gasteiger partial charge in [-0.1, -0.05) is 60.3 Å². The monoisotopic (exact) mass is 305 g/mol. The number of rotatable bonds is 11. The van der Waals surface area contributed by atoms with E-state index in [1.165, 1.54) is 44.3 Å². The van der Waals surface area contributed by atoms with Crippen LogP contribution in [-0.2, 0) is 0 Å². The molecule has 128 valence electrons. The van der Waals surface area contributed by atoms with Gasteiger partial charge in [-0.2, -0.15) is 0 Å². The molecule has 1 aliphatic rings. The molecule has 3 unspecified atom stereocenters. The molecule has 0 aromatic carbocycles. The average Bonchev–Trinajstić information content (AvgIpc) is 3.10. The van der Waals surface area contributed by atoms with Gasteiger partial charge < -0.3 is 4.90 Å². The maximum Gasteiger partial charge on any atom is 0.0231 e. The summed E-state index contributed by atoms with van der Waals surface area (Å²) in [6.07, 6.45) is 11.0. The molecule has 22 heavy (non-hydrogen) atoms. The zero-order chi connectivity index (χ0) is 16.8. The van der Waals surface area contributed by atoms with Crippen LogP contribution >= 0.6 is 0 Å². The first kappa shape index (κ1) is 19.3. The van der Waals surface area contributed by atoms with E-state index in [9.17, 15) is 0 Å². The molecule has 0 radical (unpaired) electrons. The van der Waals surface area contributed by atoms with Crippen molar-refractivity contribution in [3.8, 4) is 0 Å². The highest BCUT2D eigenvalue weighted by molar-refractivity contribution is 5.07. The zero-order valence-electron chi connectivity index (χ0n) is 16.0. The van der Waals surface area contributed by atoms with Crippen molar-refractivity contribution in [3.63, 3.8) is 0 Å². The summed E-state index contributed by atoms with van der Waals surface area (Å²) in [5, 5.41) is 0. The summed E-state index contributed by atoms with van der Waals surface area (Å²) in [6.45, 7) is 20.7. The van der Waals surface area contributed by atoms with Gasteiger partial charge in [0.2, 0.25) is 0 Å². The fourth-order valence-electron chi connectivity index (χ4n) is 3.44. The van der Waals surface area contributed by atoms with Gasteiger partial charge in [0.05, 0.1) is 0 Å². The minimum absolute atomic E-state index is 0.519. The third-order valence-electron chi connectivity index (χ3n) is 5.35. The average molecular weight is 306 g/mol. The topological polar surface area (TPSA) is 3.24 Å². The summed E-state index contributed by atoms with van der Waals surface area (Å²) >= 11 is 0. The molecule has 1 heteroatoms. The van der Waals surface area contributed by atoms with Crippen LogP contribution in [0.4, 0.5) is 0 Å². The fraction of sp³-hybridized carbons (Fsp3) is 0.810. The van der Waals surface area contributed by atoms with Gasteiger partial charge in [-0.15, -0.1) is 0 Å². The predicted octanol–water partition coefficient (Wildman–Crippen LogP) is 6.28. The highest BCUT2D eigenvalue weighted by atomic mass is 15.2. The van der Waals surface area contributed by atoms with Crippen molar-refractivity contribution < 1.29 is 0 Å². The second kappa shape index (κ2) is 8.79. The molecule has 0 aromatic heterocycles. The lowest BCUT2D eigenvalue weighted by Crippen LogP contribution is -2.34. The van der Waals surface area contributed by atoms with Crippen LogP contribution in [0.2, 0.25) is 0 Å². The van der Waals surface area contributed by atoms with Crippen LogP contribution in [0.15, 0.2) is 24.4 Å². The van der Waals surface area contributed by atoms with E-state index in [1.54, 1.807) is 0 Å². The van der Waals surface area contributed by atoms with E-state index in [0.717, 1.165) is 12.5 Å². The van der Waals surface area contributed by atoms with Crippen molar-refractivity contribution in [1.82, 2.24) is 4.90 Å². The molecular formula is C21H39N. The zero-order valence-corrected chi connectivity index (χ0v) is 16.0. The first-order valence-corrected chi connectivity index (χ1v) is 9.42. The highest BCUT2D eigenvalue weighted by Gasteiger charge is 2.50. The van der Waals surface area contributed by atoms with Crippen LogP contribution in [0.3, 0.4) is 0 Å². The van der Waals surface area contributed by atoms with Crippen LogP contribution in [0, 0.1) is 23.2 Å². The number of hydrogen-bond acceptors (Lipinski definition) is 1. The van der Waals surface area contributed by atoms with Crippen molar-refractivity contribution in [2.45, 2.75) is 73.6 Å². The Balaban J connectivity index is 2.55. The van der Waals surface area contributed by atoms with Crippen molar-refractivity contribution >= 4 is 0 Å². The van der Waals surface area contributed by atoms with Crippen LogP contribution in [0.1, 0.15) is 73.6 Å². The normalized spacial score (nSPS) is 25.7. The Morgan fingerprint density at radius 2 is 1.95 bits per heavy atom. The van der Waals surface area contributed by atoms with E-state index < -0.39 is 0 Å². The fourth-order valence-corrected chi connectivity index (χ4v) is 3.44. The molecule has 0 bridgehead atoms. The van der Waals surface area contributed by atoms with E-state index in [4.69, 9.17) is 0 Å². The van der Waals surface area contributed by atoms with E-state index in [0.29, 0.717) is 17.3 Å². The first-order valence-electron chi connectivity index (χ1n) is 9.42. The smallest absolute Gasteiger partial charge is 0.0231 e. The maximum atomic E-state index is 4.42. The van der Waals surface area contributed by atoms with Crippen LogP contribution in [0.5, 0.6) is 0 Å². The molecule has 1 fully saturated rings. The molecule has 1 nitrogen and oxygen atoms in total. The molecule has 0 N–H and O–H groups in total. The van der Waals surface area contributed by atoms with Gasteiger partial charge >= 0.3 is 0 Å². The summed E-state index contributed by atoms with van der Waals surface area (Å²) in [5.41, 5.74) is 1.87. The Labute approximate surface area is 139 Å². The third kappa shape index (κ3) is 5.82. The molecule has 0 amide bonds. The van der Waals surface area contributed by atoms with Gasteiger partial charge in [0, 0.05) is 18.8 Å². The Morgan fingerprint density at radius 1 is 1.27 bits per heavy atom. The van der Waals surface area contributed by atoms with E-state index in [-0.39, 0.29) is 0 Å². The minimum atomic E-state index is 0.519. The van der Waals surface area contributed by atoms with Crippen LogP contribution in [0.25, 0.3) is 0 Å². The standard InChI is InChI=1S/C21H39N/c1-8-10-11-12-13-20-14-21(20,7)16-22(15-17(3)4)19(6)18(5)9-2/h10-11,17-18,20H,6,8-9,12-16H2,1-5,7H3/b11-10-. The summed E-state index contributed by atoms with van der Waals surface area (Å²) < 4.78 is 0. The van der Waals surface area contributed by atoms with Gasteiger partial charge in [0.25, 0.3) is 0 Å². The Bertz CT molecular complexity index is 368. The molecule has 0 aromatic rings. The van der Waals surface area contributed by atoms with Gasteiger partial charge in [-0.25, -0.2) is 0 Å². The highest BCUT2D eigenvalue weighted by Crippen LogP contribution is 2.55. The summed E-state index contributed by atoms with van der Waals surface area (Å²) in [6, 6.07) is 0. The molecule has 0 heterocycles. The lowest BCUT2D eigenvalue weighted by molar-refractivity contribution is 0.223. The lowest BCUT2D eigenvalue weighted by Gasteiger charge is -2.34. The van der Waals surface area contributed by atoms with Gasteiger partial charge in [-0.05, 0) is 55.3 Å². The number of allylic oxidation sites excluding steroid dienone is 3. The minimum Gasteiger partial charge on any atom is -0.374 e. The second-order valence-corrected chi connectivity index (χ2v) is 8.09. The Hall–Kier alpha value is -0.720. The lowest BCUT2D eigenvalue weighted by atomic mass is 9.98. The SMILES string of the molecule is C=C(C(C)CC)N(CC(C)C)CC1(C)CC1CC/C=C\CC. The number of hydrogen-bond donors (Lipinski definition) is 0. The molecular weight excluding hydrogens is 266 g/mol. The van der Waals surface area contributed by atoms with Crippen LogP contribution in [-0.4, -0.2) is 18.0 Å². The van der Waals surface area contributed by atoms with Crippen molar-refractivity contribution in [3.05, 3.63) is 24.4 Å². The molecule has 3 atom stereocenters. The van der Waals surface area contributed by atoms with Crippen molar-refractivity contribution in [2.24, 2.45) is 23.2 Å². The summed E-state index contributed by atoms with van der Waals surface area (Å²) in [7, 11) is 0. The maximum absolute atomic E-state index is 4.42. The van der Waals surface area contributed by atoms with E-state index >= 15 is 0 Å². The Morgan fingerprint density at radius 3 is 2.50 bits per heavy atom. The molecule has 1 saturated carbocycles. The largest absolute Gasteiger partial charge is 0.374 e. The molecule has 1 aliphatic carbocycles. The van der Waals surface area contributed by atoms with Crippen molar-refractivity contribution in [1.29, 1.82) is 0 Å².